The number of methoxy groups -OCH3 is 1. The number of benzene rings is 2. The Hall–Kier alpha value is -3.22. The molecule has 0 atom stereocenters. The summed E-state index contributed by atoms with van der Waals surface area (Å²) >= 11 is 0. The van der Waals surface area contributed by atoms with Crippen LogP contribution in [0.15, 0.2) is 42.5 Å². The van der Waals surface area contributed by atoms with Crippen molar-refractivity contribution in [1.82, 2.24) is 5.32 Å². The molecule has 1 saturated heterocycles. The summed E-state index contributed by atoms with van der Waals surface area (Å²) in [7, 11) is 1.71. The van der Waals surface area contributed by atoms with E-state index in [1.54, 1.807) is 7.11 Å². The minimum atomic E-state index is -0.0360. The maximum Gasteiger partial charge on any atom is 0.253 e. The lowest BCUT2D eigenvalue weighted by Crippen LogP contribution is -2.47. The first-order valence-corrected chi connectivity index (χ1v) is 15.0. The van der Waals surface area contributed by atoms with Crippen molar-refractivity contribution in [3.8, 4) is 5.75 Å². The van der Waals surface area contributed by atoms with Gasteiger partial charge < -0.3 is 25.2 Å². The molecule has 0 radical (unpaired) electrons. The zero-order valence-corrected chi connectivity index (χ0v) is 23.4. The first-order chi connectivity index (χ1) is 19.1. The molecule has 3 fully saturated rings. The van der Waals surface area contributed by atoms with Crippen LogP contribution in [0.1, 0.15) is 81.0 Å². The molecule has 7 nitrogen and oxygen atoms in total. The van der Waals surface area contributed by atoms with Crippen molar-refractivity contribution < 1.29 is 14.3 Å². The quantitative estimate of drug-likeness (QED) is 0.415. The van der Waals surface area contributed by atoms with Gasteiger partial charge in [-0.3, -0.25) is 9.59 Å². The van der Waals surface area contributed by atoms with Crippen LogP contribution < -0.4 is 25.2 Å². The molecule has 2 N–H and O–H groups in total. The minimum Gasteiger partial charge on any atom is -0.495 e. The number of amides is 2. The molecular weight excluding hydrogens is 488 g/mol. The molecule has 2 aliphatic carbocycles. The number of ether oxygens (including phenoxy) is 1. The summed E-state index contributed by atoms with van der Waals surface area (Å²) in [6.45, 7) is 3.27. The van der Waals surface area contributed by atoms with Crippen molar-refractivity contribution in [2.75, 3.05) is 48.4 Å². The second kappa shape index (κ2) is 13.2. The number of nitrogens with zero attached hydrogens (tertiary/aromatic N) is 2. The molecule has 2 aromatic rings. The van der Waals surface area contributed by atoms with E-state index in [9.17, 15) is 9.59 Å². The molecule has 2 saturated carbocycles. The zero-order valence-electron chi connectivity index (χ0n) is 23.4. The Morgan fingerprint density at radius 2 is 1.51 bits per heavy atom. The number of hydrogen-bond donors (Lipinski definition) is 2. The van der Waals surface area contributed by atoms with Gasteiger partial charge in [-0.15, -0.1) is 0 Å². The van der Waals surface area contributed by atoms with Crippen molar-refractivity contribution in [2.45, 2.75) is 76.7 Å². The zero-order chi connectivity index (χ0) is 27.0. The van der Waals surface area contributed by atoms with Gasteiger partial charge in [0, 0.05) is 50.0 Å². The van der Waals surface area contributed by atoms with E-state index >= 15 is 0 Å². The lowest BCUT2D eigenvalue weighted by atomic mass is 9.95. The second-order valence-corrected chi connectivity index (χ2v) is 11.4. The number of para-hydroxylation sites is 2. The third-order valence-corrected chi connectivity index (χ3v) is 8.77. The Kier molecular flexibility index (Phi) is 9.27. The van der Waals surface area contributed by atoms with Crippen LogP contribution in [0.5, 0.6) is 5.75 Å². The highest BCUT2D eigenvalue weighted by molar-refractivity contribution is 6.02. The number of piperazine rings is 1. The van der Waals surface area contributed by atoms with Crippen LogP contribution >= 0.6 is 0 Å². The van der Waals surface area contributed by atoms with E-state index in [1.165, 1.54) is 44.9 Å². The Labute approximate surface area is 233 Å². The lowest BCUT2D eigenvalue weighted by Gasteiger charge is -2.38. The number of hydrogen-bond acceptors (Lipinski definition) is 5. The fourth-order valence-electron chi connectivity index (χ4n) is 6.52. The van der Waals surface area contributed by atoms with Crippen LogP contribution in [-0.4, -0.2) is 51.1 Å². The van der Waals surface area contributed by atoms with E-state index in [1.807, 2.05) is 36.4 Å². The Morgan fingerprint density at radius 1 is 0.846 bits per heavy atom. The average molecular weight is 533 g/mol. The molecule has 1 aliphatic heterocycles. The van der Waals surface area contributed by atoms with E-state index in [0.717, 1.165) is 62.6 Å². The van der Waals surface area contributed by atoms with Crippen LogP contribution in [0.2, 0.25) is 0 Å². The molecule has 0 spiro atoms. The first kappa shape index (κ1) is 27.4. The van der Waals surface area contributed by atoms with Crippen molar-refractivity contribution in [3.05, 3.63) is 48.0 Å². The van der Waals surface area contributed by atoms with Gasteiger partial charge in [0.15, 0.2) is 0 Å². The van der Waals surface area contributed by atoms with Gasteiger partial charge in [0.1, 0.15) is 5.75 Å². The maximum atomic E-state index is 13.6. The van der Waals surface area contributed by atoms with Crippen molar-refractivity contribution in [3.63, 3.8) is 0 Å². The Morgan fingerprint density at radius 3 is 2.23 bits per heavy atom. The normalized spacial score (nSPS) is 18.7. The molecule has 7 heteroatoms. The van der Waals surface area contributed by atoms with E-state index < -0.39 is 0 Å². The van der Waals surface area contributed by atoms with Gasteiger partial charge in [0.2, 0.25) is 5.91 Å². The summed E-state index contributed by atoms with van der Waals surface area (Å²) in [6.07, 6.45) is 12.2. The van der Waals surface area contributed by atoms with Crippen LogP contribution in [0.25, 0.3) is 0 Å². The third-order valence-electron chi connectivity index (χ3n) is 8.77. The SMILES string of the molecule is COc1ccccc1N1CCN(c2ccc(NC(=O)CCC3CCCC3)cc2C(=O)NC2CCCCC2)CC1. The number of carbonyl (C=O) groups excluding carboxylic acids is 2. The standard InChI is InChI=1S/C32H44N4O3/c1-39-30-14-8-7-13-29(30)36-21-19-35(20-22-36)28-17-16-26(33-31(37)18-15-24-9-5-6-10-24)23-27(28)32(38)34-25-11-3-2-4-12-25/h7-8,13-14,16-17,23-25H,2-6,9-12,15,18-22H2,1H3,(H,33,37)(H,34,38). The third kappa shape index (κ3) is 7.06. The molecule has 39 heavy (non-hydrogen) atoms. The first-order valence-electron chi connectivity index (χ1n) is 15.0. The second-order valence-electron chi connectivity index (χ2n) is 11.4. The molecule has 0 bridgehead atoms. The highest BCUT2D eigenvalue weighted by Crippen LogP contribution is 2.32. The summed E-state index contributed by atoms with van der Waals surface area (Å²) in [5.41, 5.74) is 3.40. The average Bonchev–Trinajstić information content (AvgIpc) is 3.51. The minimum absolute atomic E-state index is 0.0360. The van der Waals surface area contributed by atoms with Gasteiger partial charge in [-0.05, 0) is 55.5 Å². The Balaban J connectivity index is 1.29. The largest absolute Gasteiger partial charge is 0.495 e. The molecule has 5 rings (SSSR count). The predicted molar refractivity (Wildman–Crippen MR) is 158 cm³/mol. The summed E-state index contributed by atoms with van der Waals surface area (Å²) in [5, 5.41) is 6.38. The van der Waals surface area contributed by atoms with Crippen molar-refractivity contribution in [2.24, 2.45) is 5.92 Å². The Bertz CT molecular complexity index is 1120. The molecule has 2 amide bonds. The van der Waals surface area contributed by atoms with E-state index in [0.29, 0.717) is 23.6 Å². The van der Waals surface area contributed by atoms with Gasteiger partial charge >= 0.3 is 0 Å². The van der Waals surface area contributed by atoms with E-state index in [2.05, 4.69) is 26.5 Å². The summed E-state index contributed by atoms with van der Waals surface area (Å²) in [4.78, 5) is 31.0. The monoisotopic (exact) mass is 532 g/mol. The van der Waals surface area contributed by atoms with Crippen LogP contribution in [0, 0.1) is 5.92 Å². The molecular formula is C32H44N4O3. The van der Waals surface area contributed by atoms with Crippen LogP contribution in [0.4, 0.5) is 17.1 Å². The van der Waals surface area contributed by atoms with Gasteiger partial charge in [-0.1, -0.05) is 57.1 Å². The van der Waals surface area contributed by atoms with Gasteiger partial charge in [0.05, 0.1) is 18.4 Å². The highest BCUT2D eigenvalue weighted by atomic mass is 16.5. The number of rotatable bonds is 9. The van der Waals surface area contributed by atoms with Crippen molar-refractivity contribution >= 4 is 28.9 Å². The molecule has 3 aliphatic rings. The molecule has 0 aromatic heterocycles. The van der Waals surface area contributed by atoms with Gasteiger partial charge in [-0.25, -0.2) is 0 Å². The maximum absolute atomic E-state index is 13.6. The van der Waals surface area contributed by atoms with E-state index in [4.69, 9.17) is 4.74 Å². The molecule has 1 heterocycles. The van der Waals surface area contributed by atoms with Crippen molar-refractivity contribution in [1.29, 1.82) is 0 Å². The van der Waals surface area contributed by atoms with Gasteiger partial charge in [0.25, 0.3) is 5.91 Å². The fourth-order valence-corrected chi connectivity index (χ4v) is 6.52. The molecule has 210 valence electrons. The smallest absolute Gasteiger partial charge is 0.253 e. The van der Waals surface area contributed by atoms with E-state index in [-0.39, 0.29) is 17.9 Å². The van der Waals surface area contributed by atoms with Crippen LogP contribution in [-0.2, 0) is 4.79 Å². The highest BCUT2D eigenvalue weighted by Gasteiger charge is 2.25. The number of carbonyl (C=O) groups is 2. The number of anilines is 3. The summed E-state index contributed by atoms with van der Waals surface area (Å²) in [5.74, 6) is 1.57. The predicted octanol–water partition coefficient (Wildman–Crippen LogP) is 5.99. The van der Waals surface area contributed by atoms with Crippen LogP contribution in [0.3, 0.4) is 0 Å². The summed E-state index contributed by atoms with van der Waals surface area (Å²) in [6, 6.07) is 14.2. The topological polar surface area (TPSA) is 73.9 Å². The summed E-state index contributed by atoms with van der Waals surface area (Å²) < 4.78 is 5.58. The fraction of sp³-hybridized carbons (Fsp3) is 0.562. The lowest BCUT2D eigenvalue weighted by molar-refractivity contribution is -0.116. The molecule has 0 unspecified atom stereocenters. The van der Waals surface area contributed by atoms with Gasteiger partial charge in [-0.2, -0.15) is 0 Å². The number of nitrogens with one attached hydrogen (secondary N) is 2. The molecule has 2 aromatic carbocycles.